The van der Waals surface area contributed by atoms with Crippen LogP contribution >= 0.6 is 0 Å². The smallest absolute Gasteiger partial charge is 0.337 e. The van der Waals surface area contributed by atoms with Crippen LogP contribution in [0.2, 0.25) is 0 Å². The van der Waals surface area contributed by atoms with Crippen molar-refractivity contribution in [2.75, 3.05) is 45.3 Å². The molecule has 6 heteroatoms. The van der Waals surface area contributed by atoms with Crippen LogP contribution in [-0.2, 0) is 16.6 Å². The van der Waals surface area contributed by atoms with Crippen molar-refractivity contribution in [2.24, 2.45) is 0 Å². The molecule has 1 amide bonds. The van der Waals surface area contributed by atoms with Crippen LogP contribution in [0.3, 0.4) is 0 Å². The van der Waals surface area contributed by atoms with E-state index in [1.165, 1.54) is 18.2 Å². The molecule has 0 N–H and O–H groups in total. The Kier molecular flexibility index (Phi) is 5.80. The van der Waals surface area contributed by atoms with E-state index in [1.54, 1.807) is 6.07 Å². The normalized spacial score (nSPS) is 17.9. The van der Waals surface area contributed by atoms with Crippen LogP contribution in [0.25, 0.3) is 11.1 Å². The molecule has 0 bridgehead atoms. The van der Waals surface area contributed by atoms with E-state index in [-0.39, 0.29) is 17.3 Å². The average Bonchev–Trinajstić information content (AvgIpc) is 3.49. The van der Waals surface area contributed by atoms with Gasteiger partial charge >= 0.3 is 5.97 Å². The Labute approximate surface area is 217 Å². The minimum Gasteiger partial charge on any atom is -0.492 e. The zero-order valence-electron chi connectivity index (χ0n) is 21.7. The summed E-state index contributed by atoms with van der Waals surface area (Å²) < 4.78 is 11.0. The molecule has 0 radical (unpaired) electrons. The molecule has 6 rings (SSSR count). The monoisotopic (exact) mass is 496 g/mol. The maximum absolute atomic E-state index is 13.6. The zero-order chi connectivity index (χ0) is 25.7. The van der Waals surface area contributed by atoms with Crippen molar-refractivity contribution in [3.8, 4) is 16.9 Å². The van der Waals surface area contributed by atoms with Gasteiger partial charge in [-0.25, -0.2) is 4.79 Å². The van der Waals surface area contributed by atoms with Gasteiger partial charge in [0.05, 0.1) is 19.3 Å². The summed E-state index contributed by atoms with van der Waals surface area (Å²) in [5, 5.41) is 0. The van der Waals surface area contributed by atoms with Crippen molar-refractivity contribution >= 4 is 17.6 Å². The third-order valence-electron chi connectivity index (χ3n) is 8.43. The Hall–Kier alpha value is -3.64. The lowest BCUT2D eigenvalue weighted by Crippen LogP contribution is -2.42. The van der Waals surface area contributed by atoms with Gasteiger partial charge < -0.3 is 19.3 Å². The predicted octanol–water partition coefficient (Wildman–Crippen LogP) is 5.01. The molecule has 0 unspecified atom stereocenters. The van der Waals surface area contributed by atoms with Crippen LogP contribution in [0.5, 0.6) is 5.75 Å². The van der Waals surface area contributed by atoms with Crippen molar-refractivity contribution in [2.45, 2.75) is 31.6 Å². The standard InChI is InChI=1S/C31H32N2O4/c1-20-16-24(30(35)36-3)8-9-25(20)21-4-6-22(7-5-21)29(34)33-13-10-23-17-28-26(18-27(23)33)31(19-37-28)11-14-32(2)15-12-31/h4-9,16-18H,10-15,19H2,1-3H3. The summed E-state index contributed by atoms with van der Waals surface area (Å²) in [6.45, 7) is 5.54. The molecule has 1 saturated heterocycles. The molecule has 3 aliphatic rings. The number of amides is 1. The van der Waals surface area contributed by atoms with Gasteiger partial charge in [-0.1, -0.05) is 18.2 Å². The first kappa shape index (κ1) is 23.7. The topological polar surface area (TPSA) is 59.1 Å². The number of rotatable bonds is 3. The van der Waals surface area contributed by atoms with Crippen molar-refractivity contribution < 1.29 is 19.1 Å². The first-order valence-electron chi connectivity index (χ1n) is 13.0. The minimum atomic E-state index is -0.347. The highest BCUT2D eigenvalue weighted by molar-refractivity contribution is 6.07. The number of hydrogen-bond donors (Lipinski definition) is 0. The van der Waals surface area contributed by atoms with E-state index in [0.717, 1.165) is 67.1 Å². The number of carbonyl (C=O) groups excluding carboxylic acids is 2. The molecule has 0 aliphatic carbocycles. The van der Waals surface area contributed by atoms with E-state index in [1.807, 2.05) is 48.2 Å². The number of hydrogen-bond acceptors (Lipinski definition) is 5. The van der Waals surface area contributed by atoms with Gasteiger partial charge in [-0.05, 0) is 105 Å². The molecule has 3 heterocycles. The summed E-state index contributed by atoms with van der Waals surface area (Å²) >= 11 is 0. The number of likely N-dealkylation sites (tertiary alicyclic amines) is 1. The summed E-state index contributed by atoms with van der Waals surface area (Å²) in [4.78, 5) is 29.8. The van der Waals surface area contributed by atoms with Gasteiger partial charge in [0, 0.05) is 28.8 Å². The van der Waals surface area contributed by atoms with Gasteiger partial charge in [0.2, 0.25) is 0 Å². The van der Waals surface area contributed by atoms with Crippen LogP contribution in [0, 0.1) is 6.92 Å². The Morgan fingerprint density at radius 2 is 1.68 bits per heavy atom. The number of aryl methyl sites for hydroxylation is 1. The molecule has 190 valence electrons. The second-order valence-corrected chi connectivity index (χ2v) is 10.7. The molecule has 1 fully saturated rings. The summed E-state index contributed by atoms with van der Waals surface area (Å²) in [7, 11) is 3.56. The molecule has 0 aromatic heterocycles. The van der Waals surface area contributed by atoms with E-state index in [2.05, 4.69) is 24.1 Å². The first-order chi connectivity index (χ1) is 17.9. The Bertz CT molecular complexity index is 1390. The summed E-state index contributed by atoms with van der Waals surface area (Å²) in [5.41, 5.74) is 7.78. The van der Waals surface area contributed by atoms with Gasteiger partial charge in [0.25, 0.3) is 5.91 Å². The fourth-order valence-corrected chi connectivity index (χ4v) is 6.09. The van der Waals surface area contributed by atoms with Crippen LogP contribution in [0.1, 0.15) is 50.2 Å². The molecular formula is C31H32N2O4. The summed E-state index contributed by atoms with van der Waals surface area (Å²) in [6.07, 6.45) is 3.02. The van der Waals surface area contributed by atoms with Crippen molar-refractivity contribution in [1.29, 1.82) is 0 Å². The number of ether oxygens (including phenoxy) is 2. The minimum absolute atomic E-state index is 0.0272. The lowest BCUT2D eigenvalue weighted by Gasteiger charge is -2.37. The van der Waals surface area contributed by atoms with Crippen molar-refractivity contribution in [1.82, 2.24) is 4.90 Å². The number of anilines is 1. The molecule has 0 atom stereocenters. The maximum atomic E-state index is 13.6. The van der Waals surface area contributed by atoms with Crippen molar-refractivity contribution in [3.63, 3.8) is 0 Å². The van der Waals surface area contributed by atoms with E-state index >= 15 is 0 Å². The molecular weight excluding hydrogens is 464 g/mol. The van der Waals surface area contributed by atoms with E-state index in [9.17, 15) is 9.59 Å². The van der Waals surface area contributed by atoms with Crippen molar-refractivity contribution in [3.05, 3.63) is 82.4 Å². The van der Waals surface area contributed by atoms with Crippen LogP contribution < -0.4 is 9.64 Å². The molecule has 3 aliphatic heterocycles. The third-order valence-corrected chi connectivity index (χ3v) is 8.43. The maximum Gasteiger partial charge on any atom is 0.337 e. The zero-order valence-corrected chi connectivity index (χ0v) is 21.7. The highest BCUT2D eigenvalue weighted by Gasteiger charge is 2.44. The quantitative estimate of drug-likeness (QED) is 0.477. The van der Waals surface area contributed by atoms with Gasteiger partial charge in [-0.3, -0.25) is 4.79 Å². The van der Waals surface area contributed by atoms with E-state index in [0.29, 0.717) is 17.7 Å². The largest absolute Gasteiger partial charge is 0.492 e. The number of fused-ring (bicyclic) bond motifs is 3. The fraction of sp³-hybridized carbons (Fsp3) is 0.355. The third kappa shape index (κ3) is 4.00. The fourth-order valence-electron chi connectivity index (χ4n) is 6.09. The Morgan fingerprint density at radius 3 is 2.38 bits per heavy atom. The van der Waals surface area contributed by atoms with Gasteiger partial charge in [0.15, 0.2) is 0 Å². The number of nitrogens with zero attached hydrogens (tertiary/aromatic N) is 2. The molecule has 0 saturated carbocycles. The number of piperidine rings is 1. The summed E-state index contributed by atoms with van der Waals surface area (Å²) in [6, 6.07) is 17.7. The highest BCUT2D eigenvalue weighted by Crippen LogP contribution is 2.49. The van der Waals surface area contributed by atoms with E-state index in [4.69, 9.17) is 9.47 Å². The van der Waals surface area contributed by atoms with Crippen LogP contribution in [0.4, 0.5) is 5.69 Å². The lowest BCUT2D eigenvalue weighted by atomic mass is 9.74. The Morgan fingerprint density at radius 1 is 0.946 bits per heavy atom. The number of esters is 1. The summed E-state index contributed by atoms with van der Waals surface area (Å²) in [5.74, 6) is 0.690. The predicted molar refractivity (Wildman–Crippen MR) is 144 cm³/mol. The van der Waals surface area contributed by atoms with Gasteiger partial charge in [0.1, 0.15) is 5.75 Å². The first-order valence-corrected chi connectivity index (χ1v) is 13.0. The molecule has 1 spiro atoms. The van der Waals surface area contributed by atoms with Crippen LogP contribution in [-0.4, -0.2) is 57.2 Å². The highest BCUT2D eigenvalue weighted by atomic mass is 16.5. The molecule has 3 aromatic rings. The second kappa shape index (κ2) is 9.03. The molecule has 6 nitrogen and oxygen atoms in total. The number of carbonyl (C=O) groups is 2. The van der Waals surface area contributed by atoms with E-state index < -0.39 is 0 Å². The Balaban J connectivity index is 1.25. The molecule has 3 aromatic carbocycles. The number of benzene rings is 3. The lowest BCUT2D eigenvalue weighted by molar-refractivity contribution is 0.0600. The second-order valence-electron chi connectivity index (χ2n) is 10.7. The SMILES string of the molecule is COC(=O)c1ccc(-c2ccc(C(=O)N3CCc4cc5c(cc43)C3(CCN(C)CC3)CO5)cc2)c(C)c1. The van der Waals surface area contributed by atoms with Crippen LogP contribution in [0.15, 0.2) is 54.6 Å². The average molecular weight is 497 g/mol. The van der Waals surface area contributed by atoms with Gasteiger partial charge in [-0.2, -0.15) is 0 Å². The number of methoxy groups -OCH3 is 1. The molecule has 37 heavy (non-hydrogen) atoms. The van der Waals surface area contributed by atoms with Gasteiger partial charge in [-0.15, -0.1) is 0 Å².